The topological polar surface area (TPSA) is 21.3 Å². The van der Waals surface area contributed by atoms with Crippen molar-refractivity contribution in [2.75, 3.05) is 7.11 Å². The molecule has 0 unspecified atom stereocenters. The SMILES string of the molecule is COc1ccccc1C1CC(NCc2ccsc2)C1. The number of rotatable bonds is 5. The Morgan fingerprint density at radius 3 is 2.84 bits per heavy atom. The normalized spacial score (nSPS) is 21.9. The summed E-state index contributed by atoms with van der Waals surface area (Å²) in [6.07, 6.45) is 2.43. The predicted octanol–water partition coefficient (Wildman–Crippen LogP) is 3.79. The molecule has 0 radical (unpaired) electrons. The summed E-state index contributed by atoms with van der Waals surface area (Å²) in [5, 5.41) is 7.97. The van der Waals surface area contributed by atoms with Crippen LogP contribution in [0.15, 0.2) is 41.1 Å². The molecule has 0 aliphatic heterocycles. The van der Waals surface area contributed by atoms with E-state index < -0.39 is 0 Å². The van der Waals surface area contributed by atoms with Crippen LogP contribution in [0.5, 0.6) is 5.75 Å². The van der Waals surface area contributed by atoms with Crippen molar-refractivity contribution in [3.63, 3.8) is 0 Å². The van der Waals surface area contributed by atoms with Gasteiger partial charge in [0.25, 0.3) is 0 Å². The Morgan fingerprint density at radius 1 is 1.26 bits per heavy atom. The van der Waals surface area contributed by atoms with Crippen LogP contribution < -0.4 is 10.1 Å². The van der Waals surface area contributed by atoms with E-state index in [0.29, 0.717) is 12.0 Å². The molecule has 1 aromatic carbocycles. The molecule has 0 saturated heterocycles. The molecule has 100 valence electrons. The van der Waals surface area contributed by atoms with E-state index in [-0.39, 0.29) is 0 Å². The molecule has 2 aromatic rings. The zero-order valence-corrected chi connectivity index (χ0v) is 12.0. The highest BCUT2D eigenvalue weighted by atomic mass is 32.1. The molecule has 2 nitrogen and oxygen atoms in total. The summed E-state index contributed by atoms with van der Waals surface area (Å²) < 4.78 is 5.44. The third-order valence-electron chi connectivity index (χ3n) is 3.89. The quantitative estimate of drug-likeness (QED) is 0.895. The molecule has 3 heteroatoms. The van der Waals surface area contributed by atoms with Gasteiger partial charge in [-0.2, -0.15) is 11.3 Å². The van der Waals surface area contributed by atoms with Crippen LogP contribution in [0, 0.1) is 0 Å². The van der Waals surface area contributed by atoms with Gasteiger partial charge in [-0.15, -0.1) is 0 Å². The number of hydrogen-bond acceptors (Lipinski definition) is 3. The van der Waals surface area contributed by atoms with Crippen molar-refractivity contribution in [3.8, 4) is 5.75 Å². The minimum Gasteiger partial charge on any atom is -0.496 e. The number of thiophene rings is 1. The molecule has 1 fully saturated rings. The molecule has 0 spiro atoms. The van der Waals surface area contributed by atoms with E-state index in [9.17, 15) is 0 Å². The molecule has 1 saturated carbocycles. The Kier molecular flexibility index (Phi) is 3.85. The van der Waals surface area contributed by atoms with Crippen molar-refractivity contribution in [1.82, 2.24) is 5.32 Å². The summed E-state index contributed by atoms with van der Waals surface area (Å²) in [7, 11) is 1.75. The molecule has 1 aromatic heterocycles. The lowest BCUT2D eigenvalue weighted by molar-refractivity contribution is 0.282. The minimum absolute atomic E-state index is 0.648. The van der Waals surface area contributed by atoms with Gasteiger partial charge in [0.15, 0.2) is 0 Å². The highest BCUT2D eigenvalue weighted by Crippen LogP contribution is 2.40. The molecular weight excluding hydrogens is 254 g/mol. The molecular formula is C16H19NOS. The Morgan fingerprint density at radius 2 is 2.11 bits per heavy atom. The van der Waals surface area contributed by atoms with Crippen molar-refractivity contribution in [2.45, 2.75) is 31.3 Å². The molecule has 1 heterocycles. The van der Waals surface area contributed by atoms with E-state index in [0.717, 1.165) is 12.3 Å². The van der Waals surface area contributed by atoms with Gasteiger partial charge < -0.3 is 10.1 Å². The third kappa shape index (κ3) is 2.82. The molecule has 1 aliphatic rings. The zero-order valence-electron chi connectivity index (χ0n) is 11.1. The first-order chi connectivity index (χ1) is 9.36. The number of hydrogen-bond donors (Lipinski definition) is 1. The van der Waals surface area contributed by atoms with E-state index in [4.69, 9.17) is 4.74 Å². The van der Waals surface area contributed by atoms with Crippen LogP contribution in [0.4, 0.5) is 0 Å². The summed E-state index contributed by atoms with van der Waals surface area (Å²) in [6, 6.07) is 11.2. The van der Waals surface area contributed by atoms with Crippen molar-refractivity contribution in [1.29, 1.82) is 0 Å². The van der Waals surface area contributed by atoms with Crippen molar-refractivity contribution in [3.05, 3.63) is 52.2 Å². The number of nitrogens with one attached hydrogen (secondary N) is 1. The van der Waals surface area contributed by atoms with E-state index in [1.165, 1.54) is 24.0 Å². The number of methoxy groups -OCH3 is 1. The second-order valence-corrected chi connectivity index (χ2v) is 5.90. The predicted molar refractivity (Wildman–Crippen MR) is 79.9 cm³/mol. The van der Waals surface area contributed by atoms with Crippen molar-refractivity contribution < 1.29 is 4.74 Å². The van der Waals surface area contributed by atoms with Crippen LogP contribution in [0.25, 0.3) is 0 Å². The molecule has 1 N–H and O–H groups in total. The highest BCUT2D eigenvalue weighted by molar-refractivity contribution is 7.07. The van der Waals surface area contributed by atoms with Crippen LogP contribution in [0.1, 0.15) is 29.9 Å². The molecule has 0 atom stereocenters. The van der Waals surface area contributed by atoms with Gasteiger partial charge in [-0.1, -0.05) is 18.2 Å². The van der Waals surface area contributed by atoms with Gasteiger partial charge in [-0.3, -0.25) is 0 Å². The van der Waals surface area contributed by atoms with E-state index in [2.05, 4.69) is 40.3 Å². The van der Waals surface area contributed by atoms with Crippen LogP contribution >= 0.6 is 11.3 Å². The molecule has 19 heavy (non-hydrogen) atoms. The second-order valence-electron chi connectivity index (χ2n) is 5.12. The maximum atomic E-state index is 5.44. The third-order valence-corrected chi connectivity index (χ3v) is 4.62. The van der Waals surface area contributed by atoms with Crippen LogP contribution in [0.2, 0.25) is 0 Å². The summed E-state index contributed by atoms with van der Waals surface area (Å²) in [6.45, 7) is 0.993. The largest absolute Gasteiger partial charge is 0.496 e. The van der Waals surface area contributed by atoms with Gasteiger partial charge in [-0.25, -0.2) is 0 Å². The fraction of sp³-hybridized carbons (Fsp3) is 0.375. The maximum Gasteiger partial charge on any atom is 0.122 e. The first-order valence-corrected chi connectivity index (χ1v) is 7.68. The fourth-order valence-corrected chi connectivity index (χ4v) is 3.37. The Balaban J connectivity index is 1.52. The van der Waals surface area contributed by atoms with Crippen LogP contribution in [-0.4, -0.2) is 13.2 Å². The van der Waals surface area contributed by atoms with Crippen LogP contribution in [0.3, 0.4) is 0 Å². The Labute approximate surface area is 118 Å². The number of benzene rings is 1. The maximum absolute atomic E-state index is 5.44. The first kappa shape index (κ1) is 12.7. The van der Waals surface area contributed by atoms with Gasteiger partial charge in [0.05, 0.1) is 7.11 Å². The smallest absolute Gasteiger partial charge is 0.122 e. The lowest BCUT2D eigenvalue weighted by atomic mass is 9.75. The molecule has 3 rings (SSSR count). The average Bonchev–Trinajstić information content (AvgIpc) is 2.90. The average molecular weight is 273 g/mol. The summed E-state index contributed by atoms with van der Waals surface area (Å²) in [5.74, 6) is 1.68. The summed E-state index contributed by atoms with van der Waals surface area (Å²) in [5.41, 5.74) is 2.75. The van der Waals surface area contributed by atoms with E-state index in [1.54, 1.807) is 18.4 Å². The van der Waals surface area contributed by atoms with Gasteiger partial charge >= 0.3 is 0 Å². The Hall–Kier alpha value is -1.32. The Bertz CT molecular complexity index is 517. The molecule has 0 bridgehead atoms. The molecule has 1 aliphatic carbocycles. The zero-order chi connectivity index (χ0) is 13.1. The van der Waals surface area contributed by atoms with E-state index >= 15 is 0 Å². The van der Waals surface area contributed by atoms with E-state index in [1.807, 2.05) is 6.07 Å². The fourth-order valence-electron chi connectivity index (χ4n) is 2.70. The van der Waals surface area contributed by atoms with Crippen molar-refractivity contribution in [2.24, 2.45) is 0 Å². The van der Waals surface area contributed by atoms with Crippen LogP contribution in [-0.2, 0) is 6.54 Å². The minimum atomic E-state index is 0.648. The van der Waals surface area contributed by atoms with Gasteiger partial charge in [0, 0.05) is 12.6 Å². The lowest BCUT2D eigenvalue weighted by Gasteiger charge is -2.37. The lowest BCUT2D eigenvalue weighted by Crippen LogP contribution is -2.39. The first-order valence-electron chi connectivity index (χ1n) is 6.74. The van der Waals surface area contributed by atoms with Gasteiger partial charge in [0.2, 0.25) is 0 Å². The number of ether oxygens (including phenoxy) is 1. The summed E-state index contributed by atoms with van der Waals surface area (Å²) >= 11 is 1.76. The number of para-hydroxylation sites is 1. The monoisotopic (exact) mass is 273 g/mol. The van der Waals surface area contributed by atoms with Gasteiger partial charge in [-0.05, 0) is 52.8 Å². The standard InChI is InChI=1S/C16H19NOS/c1-18-16-5-3-2-4-15(16)13-8-14(9-13)17-10-12-6-7-19-11-12/h2-7,11,13-14,17H,8-10H2,1H3. The molecule has 0 amide bonds. The van der Waals surface area contributed by atoms with Crippen molar-refractivity contribution >= 4 is 11.3 Å². The van der Waals surface area contributed by atoms with Gasteiger partial charge in [0.1, 0.15) is 5.75 Å². The second kappa shape index (κ2) is 5.76. The highest BCUT2D eigenvalue weighted by Gasteiger charge is 2.31. The summed E-state index contributed by atoms with van der Waals surface area (Å²) in [4.78, 5) is 0.